The Morgan fingerprint density at radius 3 is 1.34 bits per heavy atom. The molecule has 76 heavy (non-hydrogen) atoms. The van der Waals surface area contributed by atoms with Crippen LogP contribution >= 0.6 is 11.3 Å². The number of anilines is 6. The number of aromatic nitrogens is 1. The van der Waals surface area contributed by atoms with E-state index in [1.165, 1.54) is 103 Å². The Balaban J connectivity index is 1.05. The summed E-state index contributed by atoms with van der Waals surface area (Å²) in [5.41, 5.74) is 18.1. The molecule has 0 atom stereocenters. The van der Waals surface area contributed by atoms with E-state index in [2.05, 4.69) is 295 Å². The Morgan fingerprint density at radius 1 is 0.342 bits per heavy atom. The largest absolute Gasteiger partial charge is 0.310 e. The predicted octanol–water partition coefficient (Wildman–Crippen LogP) is 21.4. The Kier molecular flexibility index (Phi) is 11.1. The molecule has 13 rings (SSSR count). The molecule has 0 aliphatic rings. The maximum atomic E-state index is 2.61. The number of hydrogen-bond donors (Lipinski definition) is 0. The van der Waals surface area contributed by atoms with Gasteiger partial charge in [0.05, 0.1) is 16.7 Å². The summed E-state index contributed by atoms with van der Waals surface area (Å²) < 4.78 is 3.91. The van der Waals surface area contributed by atoms with Gasteiger partial charge < -0.3 is 9.80 Å². The van der Waals surface area contributed by atoms with Crippen LogP contribution in [0.2, 0.25) is 0 Å². The maximum absolute atomic E-state index is 2.61. The summed E-state index contributed by atoms with van der Waals surface area (Å²) in [5.74, 6) is 0. The first-order valence-electron chi connectivity index (χ1n) is 26.8. The van der Waals surface area contributed by atoms with Crippen LogP contribution in [0.5, 0.6) is 0 Å². The molecule has 0 unspecified atom stereocenters. The third kappa shape index (κ3) is 8.10. The summed E-state index contributed by atoms with van der Waals surface area (Å²) in [6.07, 6.45) is 0. The molecule has 0 radical (unpaired) electrons. The van der Waals surface area contributed by atoms with Gasteiger partial charge in [-0.25, -0.2) is 0 Å². The second kappa shape index (κ2) is 17.7. The Labute approximate surface area is 451 Å². The zero-order valence-corrected chi connectivity index (χ0v) is 45.9. The van der Waals surface area contributed by atoms with E-state index in [4.69, 9.17) is 0 Å². The minimum atomic E-state index is -0.0110. The highest BCUT2D eigenvalue weighted by molar-refractivity contribution is 7.25. The van der Waals surface area contributed by atoms with Crippen molar-refractivity contribution in [1.82, 2.24) is 4.40 Å². The molecule has 0 N–H and O–H groups in total. The summed E-state index contributed by atoms with van der Waals surface area (Å²) in [6, 6.07) is 81.9. The Bertz CT molecular complexity index is 4280. The van der Waals surface area contributed by atoms with Crippen LogP contribution in [0, 0.1) is 0 Å². The van der Waals surface area contributed by atoms with Crippen LogP contribution in [-0.4, -0.2) is 4.40 Å². The van der Waals surface area contributed by atoms with E-state index in [-0.39, 0.29) is 16.2 Å². The van der Waals surface area contributed by atoms with E-state index < -0.39 is 0 Å². The zero-order valence-electron chi connectivity index (χ0n) is 45.0. The standard InChI is InChI=1S/C72H63N3S/c1-70(2,3)52-25-35-56(36-26-52)73(55-30-20-48(21-31-55)46-16-12-10-13-17-46)59-34-24-50-43-61-60-39-40-63(74(58-37-27-53(28-38-58)71(4,5)6)57-32-22-49(23-33-57)47-18-14-11-15-19-47)67-66-62-45-54(72(7,8)9)29-41-65(62)76-69(66)75(68(60)67)64(61)44-51(50)42-59/h10-45H,1-9H3. The average molecular weight is 1000 g/mol. The fourth-order valence-electron chi connectivity index (χ4n) is 11.5. The SMILES string of the molecule is CC(C)(C)c1ccc(N(c2ccc(-c3ccccc3)cc2)c2ccc3cc4c5ccc(N(c6ccc(-c7ccccc7)cc6)c6ccc(C(C)(C)C)cc6)c6c7c8cc(C(C)(C)C)ccc8sc7n(c4cc3c2)c56)cc1. The van der Waals surface area contributed by atoms with Crippen LogP contribution in [0.1, 0.15) is 79.0 Å². The van der Waals surface area contributed by atoms with E-state index in [9.17, 15) is 0 Å². The molecule has 372 valence electrons. The quantitative estimate of drug-likeness (QED) is 0.150. The predicted molar refractivity (Wildman–Crippen MR) is 330 cm³/mol. The average Bonchev–Trinajstić information content (AvgIpc) is 4.22. The van der Waals surface area contributed by atoms with Gasteiger partial charge in [0.25, 0.3) is 0 Å². The van der Waals surface area contributed by atoms with Gasteiger partial charge in [0.15, 0.2) is 0 Å². The molecule has 0 fully saturated rings. The second-order valence-corrected chi connectivity index (χ2v) is 25.0. The molecule has 4 heteroatoms. The van der Waals surface area contributed by atoms with Gasteiger partial charge in [0, 0.05) is 60.1 Å². The number of rotatable bonds is 8. The smallest absolute Gasteiger partial charge is 0.109 e. The third-order valence-electron chi connectivity index (χ3n) is 15.8. The molecule has 0 bridgehead atoms. The molecule has 0 aliphatic heterocycles. The van der Waals surface area contributed by atoms with Crippen LogP contribution in [0.3, 0.4) is 0 Å². The van der Waals surface area contributed by atoms with Gasteiger partial charge >= 0.3 is 0 Å². The van der Waals surface area contributed by atoms with Crippen molar-refractivity contribution in [3.05, 3.63) is 235 Å². The van der Waals surface area contributed by atoms with E-state index >= 15 is 0 Å². The second-order valence-electron chi connectivity index (χ2n) is 23.9. The summed E-state index contributed by atoms with van der Waals surface area (Å²) >= 11 is 1.92. The normalized spacial score (nSPS) is 12.5. The highest BCUT2D eigenvalue weighted by atomic mass is 32.1. The van der Waals surface area contributed by atoms with Gasteiger partial charge in [-0.2, -0.15) is 0 Å². The lowest BCUT2D eigenvalue weighted by Crippen LogP contribution is -2.13. The molecule has 10 aromatic carbocycles. The fourth-order valence-corrected chi connectivity index (χ4v) is 12.7. The van der Waals surface area contributed by atoms with Gasteiger partial charge in [-0.05, 0) is 157 Å². The van der Waals surface area contributed by atoms with Crippen molar-refractivity contribution in [2.24, 2.45) is 0 Å². The number of thiophene rings is 1. The van der Waals surface area contributed by atoms with Crippen molar-refractivity contribution in [2.45, 2.75) is 78.6 Å². The van der Waals surface area contributed by atoms with E-state index in [1.807, 2.05) is 11.3 Å². The van der Waals surface area contributed by atoms with E-state index in [0.29, 0.717) is 0 Å². The molecule has 13 aromatic rings. The third-order valence-corrected chi connectivity index (χ3v) is 16.9. The molecular formula is C72H63N3S. The molecule has 3 aromatic heterocycles. The van der Waals surface area contributed by atoms with E-state index in [0.717, 1.165) is 28.4 Å². The molecule has 0 saturated carbocycles. The molecule has 0 spiro atoms. The molecule has 0 amide bonds. The van der Waals surface area contributed by atoms with Crippen molar-refractivity contribution >= 4 is 104 Å². The summed E-state index contributed by atoms with van der Waals surface area (Å²) in [6.45, 7) is 20.7. The van der Waals surface area contributed by atoms with Gasteiger partial charge in [-0.15, -0.1) is 11.3 Å². The number of fused-ring (bicyclic) bond motifs is 9. The molecule has 0 saturated heterocycles. The number of nitrogens with zero attached hydrogens (tertiary/aromatic N) is 3. The molecular weight excluding hydrogens is 939 g/mol. The van der Waals surface area contributed by atoms with Crippen molar-refractivity contribution < 1.29 is 0 Å². The minimum Gasteiger partial charge on any atom is -0.310 e. The van der Waals surface area contributed by atoms with Crippen molar-refractivity contribution in [3.8, 4) is 22.3 Å². The molecule has 0 aliphatic carbocycles. The van der Waals surface area contributed by atoms with Crippen LogP contribution in [0.15, 0.2) is 218 Å². The molecule has 3 nitrogen and oxygen atoms in total. The van der Waals surface area contributed by atoms with Crippen molar-refractivity contribution in [1.29, 1.82) is 0 Å². The minimum absolute atomic E-state index is 0.0110. The van der Waals surface area contributed by atoms with Gasteiger partial charge in [-0.1, -0.05) is 190 Å². The Hall–Kier alpha value is -8.18. The zero-order chi connectivity index (χ0) is 52.3. The van der Waals surface area contributed by atoms with Gasteiger partial charge in [-0.3, -0.25) is 4.40 Å². The topological polar surface area (TPSA) is 10.9 Å². The summed E-state index contributed by atoms with van der Waals surface area (Å²) in [7, 11) is 0. The lowest BCUT2D eigenvalue weighted by molar-refractivity contribution is 0.590. The van der Waals surface area contributed by atoms with Crippen LogP contribution < -0.4 is 9.80 Å². The summed E-state index contributed by atoms with van der Waals surface area (Å²) in [5, 5.41) is 8.86. The number of benzene rings is 10. The van der Waals surface area contributed by atoms with Gasteiger partial charge in [0.1, 0.15) is 4.83 Å². The lowest BCUT2D eigenvalue weighted by atomic mass is 9.86. The number of hydrogen-bond acceptors (Lipinski definition) is 3. The molecule has 3 heterocycles. The highest BCUT2D eigenvalue weighted by Gasteiger charge is 2.28. The highest BCUT2D eigenvalue weighted by Crippen LogP contribution is 2.52. The van der Waals surface area contributed by atoms with Crippen LogP contribution in [0.4, 0.5) is 34.1 Å². The monoisotopic (exact) mass is 1000 g/mol. The first-order valence-corrected chi connectivity index (χ1v) is 27.6. The maximum Gasteiger partial charge on any atom is 0.109 e. The van der Waals surface area contributed by atoms with Crippen molar-refractivity contribution in [3.63, 3.8) is 0 Å². The van der Waals surface area contributed by atoms with E-state index in [1.54, 1.807) is 0 Å². The van der Waals surface area contributed by atoms with Gasteiger partial charge in [0.2, 0.25) is 0 Å². The fraction of sp³-hybridized carbons (Fsp3) is 0.167. The first-order chi connectivity index (χ1) is 36.6. The van der Waals surface area contributed by atoms with Crippen LogP contribution in [0.25, 0.3) is 80.5 Å². The van der Waals surface area contributed by atoms with Crippen LogP contribution in [-0.2, 0) is 16.2 Å². The first kappa shape index (κ1) is 47.5. The lowest BCUT2D eigenvalue weighted by Gasteiger charge is -2.28. The van der Waals surface area contributed by atoms with Crippen molar-refractivity contribution in [2.75, 3.05) is 9.80 Å². The Morgan fingerprint density at radius 2 is 0.816 bits per heavy atom. The summed E-state index contributed by atoms with van der Waals surface area (Å²) in [4.78, 5) is 6.19.